The van der Waals surface area contributed by atoms with Crippen LogP contribution in [0, 0.1) is 5.92 Å². The third kappa shape index (κ3) is 2.55. The summed E-state index contributed by atoms with van der Waals surface area (Å²) in [6, 6.07) is 19.8. The largest absolute Gasteiger partial charge is 0.457 e. The van der Waals surface area contributed by atoms with Crippen LogP contribution in [-0.4, -0.2) is 45.4 Å². The number of ether oxygens (including phenoxy) is 1. The normalized spacial score (nSPS) is 31.8. The maximum Gasteiger partial charge on any atom is 0.311 e. The second-order valence-corrected chi connectivity index (χ2v) is 7.76. The number of hydrogen-bond acceptors (Lipinski definition) is 4. The van der Waals surface area contributed by atoms with E-state index in [0.29, 0.717) is 18.1 Å². The molecule has 1 saturated carbocycles. The van der Waals surface area contributed by atoms with Gasteiger partial charge in [0.1, 0.15) is 6.10 Å². The van der Waals surface area contributed by atoms with Crippen LogP contribution in [0.5, 0.6) is 0 Å². The number of thiocarbonyl (C=S) groups is 1. The molecule has 27 heavy (non-hydrogen) atoms. The Morgan fingerprint density at radius 2 is 1.70 bits per heavy atom. The van der Waals surface area contributed by atoms with E-state index in [1.165, 1.54) is 0 Å². The number of hydrogen-bond donors (Lipinski definition) is 1. The van der Waals surface area contributed by atoms with Gasteiger partial charge in [-0.1, -0.05) is 48.5 Å². The van der Waals surface area contributed by atoms with Crippen molar-refractivity contribution in [2.75, 3.05) is 4.90 Å². The molecule has 5 atom stereocenters. The van der Waals surface area contributed by atoms with E-state index in [-0.39, 0.29) is 24.0 Å². The Kier molecular flexibility index (Phi) is 3.91. The van der Waals surface area contributed by atoms with Gasteiger partial charge in [-0.2, -0.15) is 0 Å². The quantitative estimate of drug-likeness (QED) is 0.652. The van der Waals surface area contributed by atoms with Crippen molar-refractivity contribution in [2.45, 2.75) is 37.3 Å². The summed E-state index contributed by atoms with van der Waals surface area (Å²) in [4.78, 5) is 16.7. The Labute approximate surface area is 163 Å². The van der Waals surface area contributed by atoms with Crippen molar-refractivity contribution in [1.29, 1.82) is 0 Å². The highest BCUT2D eigenvalue weighted by atomic mass is 32.1. The van der Waals surface area contributed by atoms with E-state index in [4.69, 9.17) is 17.0 Å². The standard InChI is InChI=1S/C21H20N2O3S/c24-16-11-15-17-18(19(16)26-20(15)25)22(12-13-7-3-1-4-8-13)21(27)23(17)14-9-5-2-6-10-14/h1-10,15-19,24H,11-12H2. The molecule has 6 rings (SSSR count). The fourth-order valence-corrected chi connectivity index (χ4v) is 5.12. The van der Waals surface area contributed by atoms with Crippen molar-refractivity contribution in [3.8, 4) is 0 Å². The van der Waals surface area contributed by atoms with Crippen molar-refractivity contribution < 1.29 is 14.6 Å². The number of anilines is 1. The molecule has 2 aromatic carbocycles. The van der Waals surface area contributed by atoms with E-state index in [2.05, 4.69) is 21.9 Å². The Morgan fingerprint density at radius 1 is 1.04 bits per heavy atom. The van der Waals surface area contributed by atoms with Crippen molar-refractivity contribution in [2.24, 2.45) is 5.92 Å². The molecule has 1 aliphatic carbocycles. The van der Waals surface area contributed by atoms with E-state index < -0.39 is 12.2 Å². The van der Waals surface area contributed by atoms with Crippen molar-refractivity contribution in [3.63, 3.8) is 0 Å². The predicted octanol–water partition coefficient (Wildman–Crippen LogP) is 2.34. The van der Waals surface area contributed by atoms with Gasteiger partial charge in [0.25, 0.3) is 0 Å². The molecular weight excluding hydrogens is 360 g/mol. The molecular formula is C21H20N2O3S. The zero-order valence-electron chi connectivity index (χ0n) is 14.6. The lowest BCUT2D eigenvalue weighted by Crippen LogP contribution is -2.66. The van der Waals surface area contributed by atoms with E-state index in [0.717, 1.165) is 11.3 Å². The minimum atomic E-state index is -0.647. The van der Waals surface area contributed by atoms with Gasteiger partial charge in [0.15, 0.2) is 5.11 Å². The molecule has 0 amide bonds. The molecule has 5 unspecified atom stereocenters. The molecule has 2 bridgehead atoms. The fourth-order valence-electron chi connectivity index (χ4n) is 4.71. The van der Waals surface area contributed by atoms with Gasteiger partial charge in [-0.15, -0.1) is 0 Å². The molecule has 3 heterocycles. The van der Waals surface area contributed by atoms with Crippen molar-refractivity contribution in [3.05, 3.63) is 66.2 Å². The summed E-state index contributed by atoms with van der Waals surface area (Å²) >= 11 is 5.87. The molecule has 4 aliphatic rings. The molecule has 3 saturated heterocycles. The summed E-state index contributed by atoms with van der Waals surface area (Å²) in [6.45, 7) is 0.623. The number of para-hydroxylation sites is 1. The van der Waals surface area contributed by atoms with E-state index in [9.17, 15) is 9.90 Å². The van der Waals surface area contributed by atoms with Crippen molar-refractivity contribution in [1.82, 2.24) is 4.90 Å². The topological polar surface area (TPSA) is 53.0 Å². The van der Waals surface area contributed by atoms with Crippen molar-refractivity contribution >= 4 is 29.0 Å². The molecule has 5 nitrogen and oxygen atoms in total. The van der Waals surface area contributed by atoms with Crippen LogP contribution in [-0.2, 0) is 16.1 Å². The maximum absolute atomic E-state index is 12.5. The van der Waals surface area contributed by atoms with Gasteiger partial charge in [0.05, 0.1) is 24.1 Å². The number of nitrogens with zero attached hydrogens (tertiary/aromatic N) is 2. The zero-order chi connectivity index (χ0) is 18.5. The van der Waals surface area contributed by atoms with Crippen LogP contribution >= 0.6 is 12.2 Å². The average molecular weight is 380 g/mol. The molecule has 0 spiro atoms. The lowest BCUT2D eigenvalue weighted by atomic mass is 9.74. The first-order valence-electron chi connectivity index (χ1n) is 9.22. The van der Waals surface area contributed by atoms with E-state index in [1.54, 1.807) is 0 Å². The summed E-state index contributed by atoms with van der Waals surface area (Å²) in [7, 11) is 0. The number of carbonyl (C=O) groups is 1. The molecule has 4 fully saturated rings. The van der Waals surface area contributed by atoms with Gasteiger partial charge in [-0.3, -0.25) is 4.79 Å². The van der Waals surface area contributed by atoms with Gasteiger partial charge in [-0.25, -0.2) is 0 Å². The highest BCUT2D eigenvalue weighted by Crippen LogP contribution is 2.46. The minimum absolute atomic E-state index is 0.113. The monoisotopic (exact) mass is 380 g/mol. The Morgan fingerprint density at radius 3 is 2.41 bits per heavy atom. The maximum atomic E-state index is 12.5. The lowest BCUT2D eigenvalue weighted by molar-refractivity contribution is -0.194. The minimum Gasteiger partial charge on any atom is -0.457 e. The summed E-state index contributed by atoms with van der Waals surface area (Å²) in [6.07, 6.45) is -0.774. The number of benzene rings is 2. The number of carbonyl (C=O) groups excluding carboxylic acids is 1. The number of esters is 1. The van der Waals surface area contributed by atoms with Crippen LogP contribution in [0.2, 0.25) is 0 Å². The van der Waals surface area contributed by atoms with Gasteiger partial charge in [0, 0.05) is 12.2 Å². The summed E-state index contributed by atoms with van der Waals surface area (Å²) in [5.41, 5.74) is 2.11. The molecule has 0 aromatic heterocycles. The van der Waals surface area contributed by atoms with Crippen LogP contribution in [0.15, 0.2) is 60.7 Å². The second kappa shape index (κ2) is 6.32. The smallest absolute Gasteiger partial charge is 0.311 e. The van der Waals surface area contributed by atoms with Crippen LogP contribution in [0.1, 0.15) is 12.0 Å². The highest BCUT2D eigenvalue weighted by molar-refractivity contribution is 7.80. The van der Waals surface area contributed by atoms with Gasteiger partial charge < -0.3 is 19.6 Å². The van der Waals surface area contributed by atoms with Gasteiger partial charge in [0.2, 0.25) is 0 Å². The number of aliphatic hydroxyl groups is 1. The number of aliphatic hydroxyl groups excluding tert-OH is 1. The highest BCUT2D eigenvalue weighted by Gasteiger charge is 2.62. The van der Waals surface area contributed by atoms with E-state index >= 15 is 0 Å². The Hall–Kier alpha value is -2.44. The van der Waals surface area contributed by atoms with Crippen LogP contribution in [0.3, 0.4) is 0 Å². The predicted molar refractivity (Wildman–Crippen MR) is 105 cm³/mol. The third-order valence-corrected chi connectivity index (χ3v) is 6.30. The molecule has 3 aliphatic heterocycles. The van der Waals surface area contributed by atoms with Crippen LogP contribution in [0.4, 0.5) is 5.69 Å². The third-order valence-electron chi connectivity index (χ3n) is 5.87. The van der Waals surface area contributed by atoms with Gasteiger partial charge in [-0.05, 0) is 36.3 Å². The first kappa shape index (κ1) is 16.7. The van der Waals surface area contributed by atoms with Crippen LogP contribution < -0.4 is 4.90 Å². The van der Waals surface area contributed by atoms with E-state index in [1.807, 2.05) is 48.5 Å². The molecule has 1 N–H and O–H groups in total. The second-order valence-electron chi connectivity index (χ2n) is 7.39. The average Bonchev–Trinajstić information content (AvgIpc) is 2.98. The SMILES string of the molecule is O=C1OC2C(O)CC1C1C2N(Cc2ccccc2)C(=S)N1c1ccccc1. The molecule has 2 aromatic rings. The fraction of sp³-hybridized carbons (Fsp3) is 0.333. The van der Waals surface area contributed by atoms with Crippen LogP contribution in [0.25, 0.3) is 0 Å². The first-order valence-corrected chi connectivity index (χ1v) is 9.63. The molecule has 138 valence electrons. The Bertz CT molecular complexity index is 876. The molecule has 0 radical (unpaired) electrons. The lowest BCUT2D eigenvalue weighted by Gasteiger charge is -2.49. The summed E-state index contributed by atoms with van der Waals surface area (Å²) in [5.74, 6) is -0.606. The zero-order valence-corrected chi connectivity index (χ0v) is 15.5. The first-order chi connectivity index (χ1) is 13.1. The summed E-state index contributed by atoms with van der Waals surface area (Å²) < 4.78 is 5.60. The molecule has 6 heteroatoms. The summed E-state index contributed by atoms with van der Waals surface area (Å²) in [5, 5.41) is 11.2. The number of fused-ring (bicyclic) bond motifs is 2. The van der Waals surface area contributed by atoms with Gasteiger partial charge >= 0.3 is 5.97 Å². The Balaban J connectivity index is 1.58. The number of rotatable bonds is 3.